The van der Waals surface area contributed by atoms with E-state index >= 15 is 0 Å². The number of rotatable bonds is 2. The average Bonchev–Trinajstić information content (AvgIpc) is 3.16. The van der Waals surface area contributed by atoms with Crippen molar-refractivity contribution in [3.05, 3.63) is 112 Å². The van der Waals surface area contributed by atoms with Gasteiger partial charge in [0.05, 0.1) is 8.96 Å². The van der Waals surface area contributed by atoms with E-state index < -0.39 is 0 Å². The van der Waals surface area contributed by atoms with Gasteiger partial charge in [0.1, 0.15) is 5.69 Å². The summed E-state index contributed by atoms with van der Waals surface area (Å²) >= 11 is 2.53. The van der Waals surface area contributed by atoms with Crippen LogP contribution in [-0.4, -0.2) is 4.57 Å². The zero-order chi connectivity index (χ0) is 20.9. The first kappa shape index (κ1) is 18.6. The van der Waals surface area contributed by atoms with Gasteiger partial charge in [0.15, 0.2) is 16.7 Å². The summed E-state index contributed by atoms with van der Waals surface area (Å²) in [6.45, 7) is 2.14. The highest BCUT2D eigenvalue weighted by atomic mass is 127. The van der Waals surface area contributed by atoms with Crippen LogP contribution in [0.2, 0.25) is 0 Å². The molecule has 0 unspecified atom stereocenters. The van der Waals surface area contributed by atoms with Gasteiger partial charge in [-0.25, -0.2) is 0 Å². The van der Waals surface area contributed by atoms with E-state index in [1.807, 2.05) is 0 Å². The van der Waals surface area contributed by atoms with Crippen molar-refractivity contribution in [2.75, 3.05) is 0 Å². The van der Waals surface area contributed by atoms with E-state index in [0.29, 0.717) is 0 Å². The van der Waals surface area contributed by atoms with Crippen LogP contribution in [0.25, 0.3) is 44.4 Å². The number of hydrogen-bond acceptors (Lipinski definition) is 0. The molecule has 2 heterocycles. The molecule has 2 nitrogen and oxygen atoms in total. The molecule has 6 aromatic rings. The van der Waals surface area contributed by atoms with Crippen molar-refractivity contribution in [2.24, 2.45) is 0 Å². The number of para-hydroxylation sites is 3. The molecule has 0 saturated heterocycles. The molecule has 31 heavy (non-hydrogen) atoms. The highest BCUT2D eigenvalue weighted by Crippen LogP contribution is 2.34. The number of aryl methyl sites for hydroxylation is 1. The van der Waals surface area contributed by atoms with E-state index in [9.17, 15) is 0 Å². The van der Waals surface area contributed by atoms with Crippen molar-refractivity contribution >= 4 is 50.0 Å². The molecule has 6 rings (SSSR count). The van der Waals surface area contributed by atoms with Gasteiger partial charge in [-0.15, -0.1) is 0 Å². The molecule has 2 aromatic heterocycles. The Bertz CT molecular complexity index is 1580. The fourth-order valence-corrected chi connectivity index (χ4v) is 5.56. The van der Waals surface area contributed by atoms with Gasteiger partial charge in [-0.1, -0.05) is 78.4 Å². The fourth-order valence-electron chi connectivity index (χ4n) is 4.54. The lowest BCUT2D eigenvalue weighted by Crippen LogP contribution is -2.26. The maximum absolute atomic E-state index is 2.53. The second kappa shape index (κ2) is 7.20. The van der Waals surface area contributed by atoms with Crippen molar-refractivity contribution in [2.45, 2.75) is 6.92 Å². The molecule has 0 radical (unpaired) electrons. The third-order valence-corrected chi connectivity index (χ3v) is 7.05. The predicted molar refractivity (Wildman–Crippen MR) is 137 cm³/mol. The lowest BCUT2D eigenvalue weighted by Gasteiger charge is -2.10. The monoisotopic (exact) mass is 511 g/mol. The van der Waals surface area contributed by atoms with E-state index in [0.717, 1.165) is 0 Å². The number of aromatic nitrogens is 2. The minimum atomic E-state index is 1.17. The van der Waals surface area contributed by atoms with Gasteiger partial charge in [-0.3, -0.25) is 0 Å². The smallest absolute Gasteiger partial charge is 0.188 e. The van der Waals surface area contributed by atoms with Crippen LogP contribution >= 0.6 is 22.6 Å². The highest BCUT2D eigenvalue weighted by molar-refractivity contribution is 14.1. The number of benzene rings is 4. The van der Waals surface area contributed by atoms with Crippen molar-refractivity contribution in [3.63, 3.8) is 0 Å². The number of nitrogens with zero attached hydrogens (tertiary/aromatic N) is 2. The Labute approximate surface area is 194 Å². The third kappa shape index (κ3) is 2.80. The molecule has 0 spiro atoms. The predicted octanol–water partition coefficient (Wildman–Crippen LogP) is 7.10. The zero-order valence-electron chi connectivity index (χ0n) is 17.1. The standard InChI is InChI=1S/C28H20IN2/c1-19-15-17-20(18-16-19)27-26(29)22-11-5-6-12-23(22)28-30(21-9-3-2-4-10-21)24-13-7-8-14-25(24)31(27)28/h2-18H,1H3/q+1. The van der Waals surface area contributed by atoms with Gasteiger partial charge in [0, 0.05) is 10.9 Å². The third-order valence-electron chi connectivity index (χ3n) is 5.96. The second-order valence-corrected chi connectivity index (χ2v) is 8.97. The molecule has 0 amide bonds. The fraction of sp³-hybridized carbons (Fsp3) is 0.0357. The molecule has 0 bridgehead atoms. The summed E-state index contributed by atoms with van der Waals surface area (Å²) < 4.78 is 6.10. The van der Waals surface area contributed by atoms with Crippen LogP contribution in [0.1, 0.15) is 5.56 Å². The van der Waals surface area contributed by atoms with E-state index in [4.69, 9.17) is 0 Å². The minimum Gasteiger partial charge on any atom is -0.188 e. The molecule has 0 saturated carbocycles. The van der Waals surface area contributed by atoms with Gasteiger partial charge < -0.3 is 0 Å². The van der Waals surface area contributed by atoms with Gasteiger partial charge >= 0.3 is 5.65 Å². The Balaban J connectivity index is 1.92. The zero-order valence-corrected chi connectivity index (χ0v) is 19.2. The Hall–Kier alpha value is -3.18. The van der Waals surface area contributed by atoms with Crippen LogP contribution in [0, 0.1) is 10.5 Å². The molecule has 0 aliphatic carbocycles. The quantitative estimate of drug-likeness (QED) is 0.173. The van der Waals surface area contributed by atoms with Crippen molar-refractivity contribution < 1.29 is 4.40 Å². The Morgan fingerprint density at radius 2 is 1.32 bits per heavy atom. The number of halogens is 1. The van der Waals surface area contributed by atoms with Crippen LogP contribution in [0.15, 0.2) is 103 Å². The SMILES string of the molecule is Cc1ccc(-c2c(I)c3ccccc3c3n(-c4ccccc4)c4ccccc4[n+]23)cc1. The molecule has 0 N–H and O–H groups in total. The van der Waals surface area contributed by atoms with Crippen LogP contribution < -0.4 is 4.40 Å². The van der Waals surface area contributed by atoms with E-state index in [1.54, 1.807) is 0 Å². The van der Waals surface area contributed by atoms with Crippen LogP contribution in [-0.2, 0) is 0 Å². The number of hydrogen-bond donors (Lipinski definition) is 0. The summed E-state index contributed by atoms with van der Waals surface area (Å²) in [5.41, 5.74) is 8.51. The van der Waals surface area contributed by atoms with Crippen LogP contribution in [0.5, 0.6) is 0 Å². The number of fused-ring (bicyclic) bond motifs is 5. The summed E-state index contributed by atoms with van der Waals surface area (Å²) in [4.78, 5) is 0. The topological polar surface area (TPSA) is 9.03 Å². The Kier molecular flexibility index (Phi) is 4.32. The molecule has 0 aliphatic rings. The van der Waals surface area contributed by atoms with Crippen molar-refractivity contribution in [3.8, 4) is 16.9 Å². The Morgan fingerprint density at radius 3 is 2.10 bits per heavy atom. The highest BCUT2D eigenvalue weighted by Gasteiger charge is 2.28. The normalized spacial score (nSPS) is 11.5. The molecular formula is C28H20IN2+. The van der Waals surface area contributed by atoms with Gasteiger partial charge in [-0.05, 0) is 59.8 Å². The molecule has 0 atom stereocenters. The van der Waals surface area contributed by atoms with Crippen molar-refractivity contribution in [1.82, 2.24) is 4.57 Å². The van der Waals surface area contributed by atoms with Gasteiger partial charge in [0.25, 0.3) is 0 Å². The summed E-state index contributed by atoms with van der Waals surface area (Å²) in [5.74, 6) is 0. The first-order valence-electron chi connectivity index (χ1n) is 10.4. The van der Waals surface area contributed by atoms with E-state index in [-0.39, 0.29) is 0 Å². The molecule has 4 aromatic carbocycles. The van der Waals surface area contributed by atoms with Crippen LogP contribution in [0.4, 0.5) is 0 Å². The first-order valence-corrected chi connectivity index (χ1v) is 11.5. The largest absolute Gasteiger partial charge is 0.301 e. The second-order valence-electron chi connectivity index (χ2n) is 7.89. The maximum Gasteiger partial charge on any atom is 0.301 e. The summed E-state index contributed by atoms with van der Waals surface area (Å²) in [7, 11) is 0. The number of imidazole rings is 1. The molecule has 3 heteroatoms. The summed E-state index contributed by atoms with van der Waals surface area (Å²) in [6, 6.07) is 37.0. The number of pyridine rings is 1. The minimum absolute atomic E-state index is 1.17. The molecule has 148 valence electrons. The molecular weight excluding hydrogens is 491 g/mol. The molecule has 0 aliphatic heterocycles. The molecule has 0 fully saturated rings. The summed E-state index contributed by atoms with van der Waals surface area (Å²) in [6.07, 6.45) is 0. The maximum atomic E-state index is 2.53. The van der Waals surface area contributed by atoms with Gasteiger partial charge in [-0.2, -0.15) is 8.97 Å². The first-order chi connectivity index (χ1) is 15.2. The van der Waals surface area contributed by atoms with E-state index in [1.165, 1.54) is 53.5 Å². The average molecular weight is 511 g/mol. The lowest BCUT2D eigenvalue weighted by atomic mass is 10.1. The van der Waals surface area contributed by atoms with Crippen LogP contribution in [0.3, 0.4) is 0 Å². The van der Waals surface area contributed by atoms with Crippen molar-refractivity contribution in [1.29, 1.82) is 0 Å². The van der Waals surface area contributed by atoms with Gasteiger partial charge in [0.2, 0.25) is 0 Å². The van der Waals surface area contributed by atoms with E-state index in [2.05, 4.69) is 142 Å². The Morgan fingerprint density at radius 1 is 0.677 bits per heavy atom. The summed E-state index contributed by atoms with van der Waals surface area (Å²) in [5, 5.41) is 2.53. The lowest BCUT2D eigenvalue weighted by molar-refractivity contribution is -0.468.